The quantitative estimate of drug-likeness (QED) is 0.887. The second-order valence-corrected chi connectivity index (χ2v) is 4.85. The Balaban J connectivity index is 1.96. The van der Waals surface area contributed by atoms with Crippen LogP contribution in [0.25, 0.3) is 0 Å². The van der Waals surface area contributed by atoms with Crippen LogP contribution in [0.4, 0.5) is 5.82 Å². The molecule has 0 aliphatic carbocycles. The molecule has 4 nitrogen and oxygen atoms in total. The van der Waals surface area contributed by atoms with E-state index >= 15 is 0 Å². The van der Waals surface area contributed by atoms with Crippen LogP contribution in [0.2, 0.25) is 0 Å². The summed E-state index contributed by atoms with van der Waals surface area (Å²) in [6, 6.07) is 4.23. The average molecular weight is 249 g/mol. The highest BCUT2D eigenvalue weighted by molar-refractivity contribution is 5.37. The summed E-state index contributed by atoms with van der Waals surface area (Å²) in [6.45, 7) is 9.13. The lowest BCUT2D eigenvalue weighted by Gasteiger charge is -2.21. The molecule has 1 aromatic rings. The first-order valence-electron chi connectivity index (χ1n) is 6.80. The number of anilines is 1. The summed E-state index contributed by atoms with van der Waals surface area (Å²) in [6.07, 6.45) is 3.34. The van der Waals surface area contributed by atoms with Crippen LogP contribution in [0.3, 0.4) is 0 Å². The Kier molecular flexibility index (Phi) is 4.96. The minimum Gasteiger partial charge on any atom is -0.377 e. The van der Waals surface area contributed by atoms with Gasteiger partial charge in [0.05, 0.1) is 6.10 Å². The molecule has 2 rings (SSSR count). The lowest BCUT2D eigenvalue weighted by atomic mass is 10.2. The molecule has 2 heterocycles. The first-order valence-corrected chi connectivity index (χ1v) is 6.80. The fourth-order valence-electron chi connectivity index (χ4n) is 2.33. The van der Waals surface area contributed by atoms with Gasteiger partial charge in [-0.15, -0.1) is 0 Å². The molecule has 100 valence electrons. The van der Waals surface area contributed by atoms with E-state index in [4.69, 9.17) is 4.74 Å². The number of nitrogens with zero attached hydrogens (tertiary/aromatic N) is 2. The maximum Gasteiger partial charge on any atom is 0.126 e. The van der Waals surface area contributed by atoms with Crippen LogP contribution in [0.5, 0.6) is 0 Å². The molecule has 0 amide bonds. The van der Waals surface area contributed by atoms with Crippen molar-refractivity contribution in [2.24, 2.45) is 0 Å². The third-order valence-corrected chi connectivity index (χ3v) is 3.12. The summed E-state index contributed by atoms with van der Waals surface area (Å²) in [5.74, 6) is 0.967. The van der Waals surface area contributed by atoms with Gasteiger partial charge in [-0.1, -0.05) is 0 Å². The van der Waals surface area contributed by atoms with Gasteiger partial charge in [0.25, 0.3) is 0 Å². The van der Waals surface area contributed by atoms with Crippen molar-refractivity contribution in [2.75, 3.05) is 31.6 Å². The fraction of sp³-hybridized carbons (Fsp3) is 0.643. The van der Waals surface area contributed by atoms with E-state index in [1.54, 1.807) is 0 Å². The monoisotopic (exact) mass is 249 g/mol. The molecule has 0 bridgehead atoms. The van der Waals surface area contributed by atoms with Crippen molar-refractivity contribution in [3.8, 4) is 0 Å². The van der Waals surface area contributed by atoms with Crippen LogP contribution < -0.4 is 5.32 Å². The predicted octanol–water partition coefficient (Wildman–Crippen LogP) is 2.12. The highest BCUT2D eigenvalue weighted by atomic mass is 16.5. The molecule has 1 unspecified atom stereocenters. The number of aromatic nitrogens is 1. The molecule has 1 N–H and O–H groups in total. The van der Waals surface area contributed by atoms with Gasteiger partial charge in [0, 0.05) is 39.0 Å². The van der Waals surface area contributed by atoms with E-state index in [2.05, 4.69) is 41.2 Å². The van der Waals surface area contributed by atoms with Crippen LogP contribution >= 0.6 is 0 Å². The molecule has 0 aromatic carbocycles. The zero-order chi connectivity index (χ0) is 12.8. The molecule has 4 heteroatoms. The van der Waals surface area contributed by atoms with Crippen molar-refractivity contribution in [2.45, 2.75) is 32.9 Å². The molecule has 1 aromatic heterocycles. The Bertz CT molecular complexity index is 370. The molecule has 1 aliphatic heterocycles. The zero-order valence-corrected chi connectivity index (χ0v) is 11.4. The summed E-state index contributed by atoms with van der Waals surface area (Å²) in [7, 11) is 0. The van der Waals surface area contributed by atoms with Gasteiger partial charge < -0.3 is 10.1 Å². The van der Waals surface area contributed by atoms with Crippen molar-refractivity contribution >= 4 is 5.82 Å². The summed E-state index contributed by atoms with van der Waals surface area (Å²) in [5, 5.41) is 3.25. The van der Waals surface area contributed by atoms with Crippen LogP contribution in [-0.2, 0) is 11.3 Å². The SMILES string of the molecule is CCNc1cc(CN2CCCOC(C)C2)ccn1. The number of ether oxygens (including phenoxy) is 1. The van der Waals surface area contributed by atoms with E-state index in [-0.39, 0.29) is 0 Å². The van der Waals surface area contributed by atoms with E-state index in [0.717, 1.165) is 45.0 Å². The van der Waals surface area contributed by atoms with Gasteiger partial charge in [-0.05, 0) is 38.0 Å². The van der Waals surface area contributed by atoms with Crippen LogP contribution in [-0.4, -0.2) is 42.2 Å². The standard InChI is InChI=1S/C14H23N3O/c1-3-15-14-9-13(5-6-16-14)11-17-7-4-8-18-12(2)10-17/h5-6,9,12H,3-4,7-8,10-11H2,1-2H3,(H,15,16). The highest BCUT2D eigenvalue weighted by Crippen LogP contribution is 2.12. The van der Waals surface area contributed by atoms with Crippen LogP contribution in [0, 0.1) is 0 Å². The number of hydrogen-bond donors (Lipinski definition) is 1. The lowest BCUT2D eigenvalue weighted by molar-refractivity contribution is 0.0668. The third kappa shape index (κ3) is 3.96. The predicted molar refractivity (Wildman–Crippen MR) is 73.7 cm³/mol. The minimum atomic E-state index is 0.336. The van der Waals surface area contributed by atoms with Crippen LogP contribution in [0.1, 0.15) is 25.8 Å². The Morgan fingerprint density at radius 3 is 3.28 bits per heavy atom. The smallest absolute Gasteiger partial charge is 0.126 e. The number of nitrogens with one attached hydrogen (secondary N) is 1. The largest absolute Gasteiger partial charge is 0.377 e. The number of pyridine rings is 1. The first kappa shape index (κ1) is 13.3. The molecular formula is C14H23N3O. The highest BCUT2D eigenvalue weighted by Gasteiger charge is 2.15. The van der Waals surface area contributed by atoms with Crippen molar-refractivity contribution in [3.05, 3.63) is 23.9 Å². The average Bonchev–Trinajstić information content (AvgIpc) is 2.54. The summed E-state index contributed by atoms with van der Waals surface area (Å²) < 4.78 is 5.67. The van der Waals surface area contributed by atoms with Crippen LogP contribution in [0.15, 0.2) is 18.3 Å². The molecule has 0 radical (unpaired) electrons. The second-order valence-electron chi connectivity index (χ2n) is 4.85. The van der Waals surface area contributed by atoms with Gasteiger partial charge >= 0.3 is 0 Å². The van der Waals surface area contributed by atoms with Gasteiger partial charge in [0.15, 0.2) is 0 Å². The molecule has 0 spiro atoms. The molecule has 1 aliphatic rings. The fourth-order valence-corrected chi connectivity index (χ4v) is 2.33. The van der Waals surface area contributed by atoms with E-state index in [1.807, 2.05) is 6.20 Å². The maximum atomic E-state index is 5.67. The summed E-state index contributed by atoms with van der Waals surface area (Å²) in [5.41, 5.74) is 1.31. The van der Waals surface area contributed by atoms with E-state index in [9.17, 15) is 0 Å². The topological polar surface area (TPSA) is 37.4 Å². The Labute approximate surface area is 109 Å². The van der Waals surface area contributed by atoms with Crippen molar-refractivity contribution < 1.29 is 4.74 Å². The Morgan fingerprint density at radius 1 is 1.56 bits per heavy atom. The zero-order valence-electron chi connectivity index (χ0n) is 11.4. The van der Waals surface area contributed by atoms with Gasteiger partial charge in [-0.3, -0.25) is 4.90 Å². The summed E-state index contributed by atoms with van der Waals surface area (Å²) >= 11 is 0. The minimum absolute atomic E-state index is 0.336. The van der Waals surface area contributed by atoms with Crippen molar-refractivity contribution in [3.63, 3.8) is 0 Å². The molecule has 18 heavy (non-hydrogen) atoms. The van der Waals surface area contributed by atoms with Gasteiger partial charge in [-0.2, -0.15) is 0 Å². The Hall–Kier alpha value is -1.13. The normalized spacial score (nSPS) is 21.6. The maximum absolute atomic E-state index is 5.67. The van der Waals surface area contributed by atoms with E-state index in [0.29, 0.717) is 6.10 Å². The van der Waals surface area contributed by atoms with E-state index in [1.165, 1.54) is 5.56 Å². The van der Waals surface area contributed by atoms with Gasteiger partial charge in [0.1, 0.15) is 5.82 Å². The van der Waals surface area contributed by atoms with E-state index < -0.39 is 0 Å². The molecule has 1 atom stereocenters. The van der Waals surface area contributed by atoms with Gasteiger partial charge in [-0.25, -0.2) is 4.98 Å². The summed E-state index contributed by atoms with van der Waals surface area (Å²) in [4.78, 5) is 6.76. The number of hydrogen-bond acceptors (Lipinski definition) is 4. The lowest BCUT2D eigenvalue weighted by Crippen LogP contribution is -2.29. The number of rotatable bonds is 4. The first-order chi connectivity index (χ1) is 8.78. The Morgan fingerprint density at radius 2 is 2.44 bits per heavy atom. The molecular weight excluding hydrogens is 226 g/mol. The van der Waals surface area contributed by atoms with Crippen molar-refractivity contribution in [1.82, 2.24) is 9.88 Å². The molecule has 0 saturated carbocycles. The van der Waals surface area contributed by atoms with Crippen molar-refractivity contribution in [1.29, 1.82) is 0 Å². The second kappa shape index (κ2) is 6.71. The van der Waals surface area contributed by atoms with Gasteiger partial charge in [0.2, 0.25) is 0 Å². The third-order valence-electron chi connectivity index (χ3n) is 3.12. The molecule has 1 fully saturated rings. The molecule has 1 saturated heterocycles.